The van der Waals surface area contributed by atoms with Gasteiger partial charge in [0.1, 0.15) is 0 Å². The molecule has 0 aromatic heterocycles. The Morgan fingerprint density at radius 3 is 2.36 bits per heavy atom. The molecule has 66 valence electrons. The Morgan fingerprint density at radius 1 is 1.36 bits per heavy atom. The van der Waals surface area contributed by atoms with E-state index in [2.05, 4.69) is 18.7 Å². The molecule has 0 radical (unpaired) electrons. The summed E-state index contributed by atoms with van der Waals surface area (Å²) in [5.74, 6) is 0. The van der Waals surface area contributed by atoms with E-state index in [1.54, 1.807) is 0 Å². The average molecular weight is 158 g/mol. The van der Waals surface area contributed by atoms with E-state index >= 15 is 0 Å². The average Bonchev–Trinajstić information content (AvgIpc) is 1.85. The molecule has 2 atom stereocenters. The van der Waals surface area contributed by atoms with Gasteiger partial charge in [0.15, 0.2) is 0 Å². The topological polar surface area (TPSA) is 38.5 Å². The Labute approximate surface area is 68.5 Å². The molecule has 0 amide bonds. The molecule has 3 heteroatoms. The standard InChI is InChI=1S/C8H18N2O/c1-7-5-10(4-3-9)6-8(2)11-7/h7-8H,3-6,9H2,1-2H3/t7-,8-/m0/s1. The molecule has 0 aliphatic carbocycles. The maximum atomic E-state index is 5.58. The third-order valence-corrected chi connectivity index (χ3v) is 1.94. The lowest BCUT2D eigenvalue weighted by atomic mass is 10.2. The quantitative estimate of drug-likeness (QED) is 0.617. The summed E-state index contributed by atoms with van der Waals surface area (Å²) < 4.78 is 5.58. The zero-order valence-corrected chi connectivity index (χ0v) is 7.42. The Morgan fingerprint density at radius 2 is 1.91 bits per heavy atom. The summed E-state index contributed by atoms with van der Waals surface area (Å²) in [6.07, 6.45) is 0.732. The summed E-state index contributed by atoms with van der Waals surface area (Å²) in [7, 11) is 0. The molecule has 2 N–H and O–H groups in total. The fraction of sp³-hybridized carbons (Fsp3) is 1.00. The van der Waals surface area contributed by atoms with E-state index < -0.39 is 0 Å². The Balaban J connectivity index is 2.30. The van der Waals surface area contributed by atoms with Gasteiger partial charge in [0.2, 0.25) is 0 Å². The second kappa shape index (κ2) is 4.04. The predicted octanol–water partition coefficient (Wildman–Crippen LogP) is 0.0543. The van der Waals surface area contributed by atoms with Gasteiger partial charge in [-0.05, 0) is 13.8 Å². The zero-order chi connectivity index (χ0) is 8.27. The van der Waals surface area contributed by atoms with Crippen molar-refractivity contribution in [3.8, 4) is 0 Å². The van der Waals surface area contributed by atoms with Crippen LogP contribution in [0.15, 0.2) is 0 Å². The van der Waals surface area contributed by atoms with E-state index in [9.17, 15) is 0 Å². The number of hydrogen-bond donors (Lipinski definition) is 1. The monoisotopic (exact) mass is 158 g/mol. The molecule has 0 aromatic carbocycles. The number of nitrogens with two attached hydrogens (primary N) is 1. The number of ether oxygens (including phenoxy) is 1. The highest BCUT2D eigenvalue weighted by Crippen LogP contribution is 2.09. The first-order valence-corrected chi connectivity index (χ1v) is 4.30. The Hall–Kier alpha value is -0.120. The summed E-state index contributed by atoms with van der Waals surface area (Å²) in [5, 5.41) is 0. The first kappa shape index (κ1) is 8.97. The van der Waals surface area contributed by atoms with Crippen LogP contribution in [0.25, 0.3) is 0 Å². The minimum atomic E-state index is 0.366. The van der Waals surface area contributed by atoms with E-state index in [4.69, 9.17) is 10.5 Å². The second-order valence-corrected chi connectivity index (χ2v) is 3.31. The van der Waals surface area contributed by atoms with E-state index in [-0.39, 0.29) is 0 Å². The van der Waals surface area contributed by atoms with Crippen molar-refractivity contribution in [3.05, 3.63) is 0 Å². The molecule has 0 spiro atoms. The van der Waals surface area contributed by atoms with Gasteiger partial charge in [0, 0.05) is 26.2 Å². The summed E-state index contributed by atoms with van der Waals surface area (Å²) >= 11 is 0. The molecule has 1 aliphatic heterocycles. The van der Waals surface area contributed by atoms with Crippen molar-refractivity contribution >= 4 is 0 Å². The lowest BCUT2D eigenvalue weighted by Gasteiger charge is -2.34. The summed E-state index contributed by atoms with van der Waals surface area (Å²) in [4.78, 5) is 2.36. The molecule has 1 rings (SSSR count). The van der Waals surface area contributed by atoms with E-state index in [1.807, 2.05) is 0 Å². The van der Waals surface area contributed by atoms with Crippen molar-refractivity contribution < 1.29 is 4.74 Å². The van der Waals surface area contributed by atoms with Crippen LogP contribution in [0.4, 0.5) is 0 Å². The van der Waals surface area contributed by atoms with Gasteiger partial charge in [-0.1, -0.05) is 0 Å². The van der Waals surface area contributed by atoms with E-state index in [1.165, 1.54) is 0 Å². The molecule has 1 fully saturated rings. The van der Waals surface area contributed by atoms with Crippen LogP contribution in [0.1, 0.15) is 13.8 Å². The van der Waals surface area contributed by atoms with Gasteiger partial charge in [0.25, 0.3) is 0 Å². The second-order valence-electron chi connectivity index (χ2n) is 3.31. The van der Waals surface area contributed by atoms with Gasteiger partial charge < -0.3 is 10.5 Å². The number of hydrogen-bond acceptors (Lipinski definition) is 3. The Bertz CT molecular complexity index is 109. The highest BCUT2D eigenvalue weighted by molar-refractivity contribution is 4.72. The third kappa shape index (κ3) is 2.77. The molecule has 0 unspecified atom stereocenters. The van der Waals surface area contributed by atoms with E-state index in [0.717, 1.165) is 26.2 Å². The van der Waals surface area contributed by atoms with Crippen molar-refractivity contribution in [2.45, 2.75) is 26.1 Å². The van der Waals surface area contributed by atoms with Gasteiger partial charge >= 0.3 is 0 Å². The lowest BCUT2D eigenvalue weighted by Crippen LogP contribution is -2.46. The molecule has 3 nitrogen and oxygen atoms in total. The maximum absolute atomic E-state index is 5.58. The smallest absolute Gasteiger partial charge is 0.0678 e. The summed E-state index contributed by atoms with van der Waals surface area (Å²) in [6, 6.07) is 0. The fourth-order valence-corrected chi connectivity index (χ4v) is 1.65. The number of morpholine rings is 1. The predicted molar refractivity (Wildman–Crippen MR) is 45.5 cm³/mol. The van der Waals surface area contributed by atoms with Gasteiger partial charge in [-0.15, -0.1) is 0 Å². The normalized spacial score (nSPS) is 34.1. The van der Waals surface area contributed by atoms with Crippen LogP contribution in [-0.2, 0) is 4.74 Å². The highest BCUT2D eigenvalue weighted by Gasteiger charge is 2.20. The van der Waals surface area contributed by atoms with Gasteiger partial charge in [-0.3, -0.25) is 4.90 Å². The van der Waals surface area contributed by atoms with Crippen LogP contribution in [0.5, 0.6) is 0 Å². The van der Waals surface area contributed by atoms with Gasteiger partial charge in [-0.2, -0.15) is 0 Å². The van der Waals surface area contributed by atoms with Gasteiger partial charge in [0.05, 0.1) is 12.2 Å². The highest BCUT2D eigenvalue weighted by atomic mass is 16.5. The molecule has 1 aliphatic rings. The zero-order valence-electron chi connectivity index (χ0n) is 7.42. The van der Waals surface area contributed by atoms with Gasteiger partial charge in [-0.25, -0.2) is 0 Å². The molecule has 0 bridgehead atoms. The number of nitrogens with zero attached hydrogens (tertiary/aromatic N) is 1. The lowest BCUT2D eigenvalue weighted by molar-refractivity contribution is -0.0669. The van der Waals surface area contributed by atoms with E-state index in [0.29, 0.717) is 12.2 Å². The molecule has 0 saturated carbocycles. The maximum Gasteiger partial charge on any atom is 0.0678 e. The van der Waals surface area contributed by atoms with Crippen LogP contribution in [-0.4, -0.2) is 43.3 Å². The third-order valence-electron chi connectivity index (χ3n) is 1.94. The summed E-state index contributed by atoms with van der Waals surface area (Å²) in [5.41, 5.74) is 5.47. The van der Waals surface area contributed by atoms with Crippen molar-refractivity contribution in [3.63, 3.8) is 0 Å². The molecule has 1 heterocycles. The SMILES string of the molecule is C[C@H]1CN(CCN)C[C@H](C)O1. The van der Waals surface area contributed by atoms with Crippen molar-refractivity contribution in [1.82, 2.24) is 4.90 Å². The molecule has 1 saturated heterocycles. The van der Waals surface area contributed by atoms with Crippen molar-refractivity contribution in [1.29, 1.82) is 0 Å². The molecule has 0 aromatic rings. The molecular weight excluding hydrogens is 140 g/mol. The van der Waals surface area contributed by atoms with Crippen LogP contribution in [0, 0.1) is 0 Å². The minimum Gasteiger partial charge on any atom is -0.373 e. The first-order valence-electron chi connectivity index (χ1n) is 4.30. The largest absolute Gasteiger partial charge is 0.373 e. The minimum absolute atomic E-state index is 0.366. The number of rotatable bonds is 2. The Kier molecular flexibility index (Phi) is 3.30. The van der Waals surface area contributed by atoms with Crippen LogP contribution < -0.4 is 5.73 Å². The molecular formula is C8H18N2O. The fourth-order valence-electron chi connectivity index (χ4n) is 1.65. The van der Waals surface area contributed by atoms with Crippen LogP contribution in [0.3, 0.4) is 0 Å². The summed E-state index contributed by atoms with van der Waals surface area (Å²) in [6.45, 7) is 8.03. The van der Waals surface area contributed by atoms with Crippen molar-refractivity contribution in [2.24, 2.45) is 5.73 Å². The van der Waals surface area contributed by atoms with Crippen LogP contribution in [0.2, 0.25) is 0 Å². The first-order chi connectivity index (χ1) is 5.22. The van der Waals surface area contributed by atoms with Crippen molar-refractivity contribution in [2.75, 3.05) is 26.2 Å². The molecule has 11 heavy (non-hydrogen) atoms. The van der Waals surface area contributed by atoms with Crippen LogP contribution >= 0.6 is 0 Å².